The fourth-order valence-electron chi connectivity index (χ4n) is 1.72. The topological polar surface area (TPSA) is 71.5 Å². The van der Waals surface area contributed by atoms with Crippen LogP contribution in [0.25, 0.3) is 0 Å². The van der Waals surface area contributed by atoms with Gasteiger partial charge in [-0.05, 0) is 18.9 Å². The molecular formula is C11H14N2O3. The first-order chi connectivity index (χ1) is 7.70. The number of hydrogen-bond acceptors (Lipinski definition) is 4. The van der Waals surface area contributed by atoms with Gasteiger partial charge in [-0.3, -0.25) is 9.78 Å². The van der Waals surface area contributed by atoms with Crippen LogP contribution in [0, 0.1) is 0 Å². The minimum absolute atomic E-state index is 0.0948. The number of rotatable bonds is 3. The number of carbonyl (C=O) groups excluding carboxylic acids is 1. The van der Waals surface area contributed by atoms with Crippen molar-refractivity contribution in [3.05, 3.63) is 24.0 Å². The minimum atomic E-state index is -0.264. The third kappa shape index (κ3) is 2.14. The number of methoxy groups -OCH3 is 1. The second-order valence-electron chi connectivity index (χ2n) is 3.89. The van der Waals surface area contributed by atoms with Crippen molar-refractivity contribution in [1.82, 2.24) is 10.3 Å². The van der Waals surface area contributed by atoms with Crippen LogP contribution in [0.1, 0.15) is 23.2 Å². The molecule has 1 fully saturated rings. The number of amides is 1. The van der Waals surface area contributed by atoms with Crippen LogP contribution < -0.4 is 5.32 Å². The third-order valence-electron chi connectivity index (χ3n) is 2.81. The first-order valence-corrected chi connectivity index (χ1v) is 5.17. The van der Waals surface area contributed by atoms with E-state index in [1.54, 1.807) is 7.11 Å². The fourth-order valence-corrected chi connectivity index (χ4v) is 1.72. The standard InChI is InChI=1S/C11H14N2O3/c1-16-8-4-7(5-8)13-11(15)9-2-3-12-6-10(9)14/h2-3,6-8,14H,4-5H2,1H3,(H,13,15). The molecule has 16 heavy (non-hydrogen) atoms. The van der Waals surface area contributed by atoms with E-state index in [9.17, 15) is 9.90 Å². The van der Waals surface area contributed by atoms with Gasteiger partial charge in [-0.2, -0.15) is 0 Å². The van der Waals surface area contributed by atoms with Gasteiger partial charge in [0.05, 0.1) is 17.9 Å². The summed E-state index contributed by atoms with van der Waals surface area (Å²) < 4.78 is 5.12. The summed E-state index contributed by atoms with van der Waals surface area (Å²) in [5.41, 5.74) is 0.260. The molecule has 1 aromatic heterocycles. The Morgan fingerprint density at radius 1 is 1.62 bits per heavy atom. The number of ether oxygens (including phenoxy) is 1. The van der Waals surface area contributed by atoms with E-state index in [0.29, 0.717) is 0 Å². The summed E-state index contributed by atoms with van der Waals surface area (Å²) in [5.74, 6) is -0.359. The molecule has 0 unspecified atom stereocenters. The summed E-state index contributed by atoms with van der Waals surface area (Å²) in [6.07, 6.45) is 4.64. The molecule has 0 atom stereocenters. The quantitative estimate of drug-likeness (QED) is 0.789. The predicted octanol–water partition coefficient (Wildman–Crippen LogP) is 0.694. The Labute approximate surface area is 93.5 Å². The van der Waals surface area contributed by atoms with E-state index in [-0.39, 0.29) is 29.4 Å². The summed E-state index contributed by atoms with van der Waals surface area (Å²) in [7, 11) is 1.66. The van der Waals surface area contributed by atoms with Gasteiger partial charge in [0.1, 0.15) is 5.75 Å². The van der Waals surface area contributed by atoms with Crippen LogP contribution in [-0.4, -0.2) is 35.3 Å². The zero-order valence-electron chi connectivity index (χ0n) is 9.01. The first-order valence-electron chi connectivity index (χ1n) is 5.17. The maximum absolute atomic E-state index is 11.7. The van der Waals surface area contributed by atoms with Gasteiger partial charge in [0.2, 0.25) is 0 Å². The number of aromatic nitrogens is 1. The van der Waals surface area contributed by atoms with Crippen molar-refractivity contribution in [2.24, 2.45) is 0 Å². The number of nitrogens with zero attached hydrogens (tertiary/aromatic N) is 1. The Bertz CT molecular complexity index is 389. The lowest BCUT2D eigenvalue weighted by atomic mass is 9.89. The fraction of sp³-hybridized carbons (Fsp3) is 0.455. The van der Waals surface area contributed by atoms with Crippen molar-refractivity contribution >= 4 is 5.91 Å². The smallest absolute Gasteiger partial charge is 0.255 e. The van der Waals surface area contributed by atoms with Crippen LogP contribution in [-0.2, 0) is 4.74 Å². The highest BCUT2D eigenvalue weighted by Gasteiger charge is 2.30. The molecule has 0 bridgehead atoms. The maximum Gasteiger partial charge on any atom is 0.255 e. The lowest BCUT2D eigenvalue weighted by molar-refractivity contribution is 0.0176. The number of nitrogens with one attached hydrogen (secondary N) is 1. The number of pyridine rings is 1. The largest absolute Gasteiger partial charge is 0.505 e. The normalized spacial score (nSPS) is 23.6. The van der Waals surface area contributed by atoms with Crippen LogP contribution in [0.4, 0.5) is 0 Å². The number of hydrogen-bond donors (Lipinski definition) is 2. The lowest BCUT2D eigenvalue weighted by Gasteiger charge is -2.34. The zero-order chi connectivity index (χ0) is 11.5. The molecule has 0 spiro atoms. The van der Waals surface area contributed by atoms with E-state index in [1.807, 2.05) is 0 Å². The Morgan fingerprint density at radius 2 is 2.38 bits per heavy atom. The molecule has 1 aliphatic rings. The van der Waals surface area contributed by atoms with Gasteiger partial charge in [0, 0.05) is 19.3 Å². The zero-order valence-corrected chi connectivity index (χ0v) is 9.01. The molecule has 0 aromatic carbocycles. The van der Waals surface area contributed by atoms with E-state index in [1.165, 1.54) is 18.5 Å². The van der Waals surface area contributed by atoms with E-state index in [0.717, 1.165) is 12.8 Å². The highest BCUT2D eigenvalue weighted by molar-refractivity contribution is 5.96. The SMILES string of the molecule is COC1CC(NC(=O)c2ccncc2O)C1. The molecule has 0 radical (unpaired) electrons. The van der Waals surface area contributed by atoms with Crippen LogP contribution in [0.3, 0.4) is 0 Å². The van der Waals surface area contributed by atoms with Crippen molar-refractivity contribution in [2.75, 3.05) is 7.11 Å². The van der Waals surface area contributed by atoms with Gasteiger partial charge in [-0.15, -0.1) is 0 Å². The van der Waals surface area contributed by atoms with Gasteiger partial charge < -0.3 is 15.2 Å². The van der Waals surface area contributed by atoms with Crippen molar-refractivity contribution in [1.29, 1.82) is 0 Å². The molecule has 2 N–H and O–H groups in total. The molecule has 1 heterocycles. The summed E-state index contributed by atoms with van der Waals surface area (Å²) in [6, 6.07) is 1.64. The average Bonchev–Trinajstić information content (AvgIpc) is 2.23. The molecule has 5 nitrogen and oxygen atoms in total. The second-order valence-corrected chi connectivity index (χ2v) is 3.89. The van der Waals surface area contributed by atoms with Crippen molar-refractivity contribution in [3.8, 4) is 5.75 Å². The van der Waals surface area contributed by atoms with Crippen LogP contribution in [0.5, 0.6) is 5.75 Å². The molecular weight excluding hydrogens is 208 g/mol. The highest BCUT2D eigenvalue weighted by atomic mass is 16.5. The number of carbonyl (C=O) groups is 1. The van der Waals surface area contributed by atoms with Gasteiger partial charge in [-0.25, -0.2) is 0 Å². The maximum atomic E-state index is 11.7. The second kappa shape index (κ2) is 4.49. The van der Waals surface area contributed by atoms with Crippen LogP contribution in [0.2, 0.25) is 0 Å². The Kier molecular flexibility index (Phi) is 3.05. The number of aromatic hydroxyl groups is 1. The van der Waals surface area contributed by atoms with E-state index in [4.69, 9.17) is 4.74 Å². The molecule has 0 aliphatic heterocycles. The van der Waals surface area contributed by atoms with Gasteiger partial charge >= 0.3 is 0 Å². The van der Waals surface area contributed by atoms with Crippen molar-refractivity contribution in [3.63, 3.8) is 0 Å². The highest BCUT2D eigenvalue weighted by Crippen LogP contribution is 2.23. The average molecular weight is 222 g/mol. The molecule has 1 aliphatic carbocycles. The predicted molar refractivity (Wildman–Crippen MR) is 57.2 cm³/mol. The van der Waals surface area contributed by atoms with E-state index < -0.39 is 0 Å². The Morgan fingerprint density at radius 3 is 3.00 bits per heavy atom. The molecule has 1 aromatic rings. The van der Waals surface area contributed by atoms with Gasteiger partial charge in [-0.1, -0.05) is 0 Å². The molecule has 2 rings (SSSR count). The van der Waals surface area contributed by atoms with Crippen LogP contribution >= 0.6 is 0 Å². The Balaban J connectivity index is 1.92. The molecule has 0 saturated heterocycles. The summed E-state index contributed by atoms with van der Waals surface area (Å²) in [4.78, 5) is 15.4. The van der Waals surface area contributed by atoms with Crippen molar-refractivity contribution < 1.29 is 14.6 Å². The molecule has 1 saturated carbocycles. The molecule has 5 heteroatoms. The minimum Gasteiger partial charge on any atom is -0.505 e. The molecule has 86 valence electrons. The molecule has 1 amide bonds. The monoisotopic (exact) mass is 222 g/mol. The summed E-state index contributed by atoms with van der Waals surface area (Å²) in [5, 5.41) is 12.3. The van der Waals surface area contributed by atoms with Gasteiger partial charge in [0.25, 0.3) is 5.91 Å². The third-order valence-corrected chi connectivity index (χ3v) is 2.81. The van der Waals surface area contributed by atoms with Gasteiger partial charge in [0.15, 0.2) is 0 Å². The van der Waals surface area contributed by atoms with E-state index in [2.05, 4.69) is 10.3 Å². The summed E-state index contributed by atoms with van der Waals surface area (Å²) in [6.45, 7) is 0. The first kappa shape index (κ1) is 10.9. The Hall–Kier alpha value is -1.62. The summed E-state index contributed by atoms with van der Waals surface area (Å²) >= 11 is 0. The van der Waals surface area contributed by atoms with Crippen LogP contribution in [0.15, 0.2) is 18.5 Å². The lowest BCUT2D eigenvalue weighted by Crippen LogP contribution is -2.47. The van der Waals surface area contributed by atoms with Crippen molar-refractivity contribution in [2.45, 2.75) is 25.0 Å². The van der Waals surface area contributed by atoms with E-state index >= 15 is 0 Å².